The monoisotopic (exact) mass is 240 g/mol. The van der Waals surface area contributed by atoms with Crippen LogP contribution in [0.2, 0.25) is 0 Å². The van der Waals surface area contributed by atoms with Crippen LogP contribution in [0.25, 0.3) is 0 Å². The molecule has 1 rings (SSSR count). The van der Waals surface area contributed by atoms with Crippen LogP contribution in [-0.2, 0) is 0 Å². The Hall–Kier alpha value is -0.0800. The van der Waals surface area contributed by atoms with E-state index in [-0.39, 0.29) is 0 Å². The first-order chi connectivity index (χ1) is 8.06. The highest BCUT2D eigenvalue weighted by Gasteiger charge is 2.30. The summed E-state index contributed by atoms with van der Waals surface area (Å²) >= 11 is 0. The van der Waals surface area contributed by atoms with Crippen LogP contribution in [-0.4, -0.2) is 36.6 Å². The fraction of sp³-hybridized carbons (Fsp3) is 1.00. The summed E-state index contributed by atoms with van der Waals surface area (Å²) in [4.78, 5) is 2.73. The summed E-state index contributed by atoms with van der Waals surface area (Å²) in [6, 6.07) is 1.37. The standard InChI is InChI=1S/C15H32N2/c1-6-9-16-10-15(12(2)3)17(13(4)5)11-14-7-8-14/h12-16H,6-11H2,1-5H3. The van der Waals surface area contributed by atoms with E-state index in [4.69, 9.17) is 0 Å². The van der Waals surface area contributed by atoms with Crippen LogP contribution in [0.5, 0.6) is 0 Å². The van der Waals surface area contributed by atoms with Crippen LogP contribution in [0, 0.1) is 11.8 Å². The number of hydrogen-bond acceptors (Lipinski definition) is 2. The van der Waals surface area contributed by atoms with Gasteiger partial charge in [-0.05, 0) is 51.5 Å². The lowest BCUT2D eigenvalue weighted by Crippen LogP contribution is -2.49. The molecular weight excluding hydrogens is 208 g/mol. The molecule has 2 heteroatoms. The highest BCUT2D eigenvalue weighted by molar-refractivity contribution is 4.85. The maximum absolute atomic E-state index is 3.60. The van der Waals surface area contributed by atoms with Gasteiger partial charge in [-0.3, -0.25) is 4.90 Å². The molecule has 1 unspecified atom stereocenters. The maximum Gasteiger partial charge on any atom is 0.0246 e. The fourth-order valence-corrected chi connectivity index (χ4v) is 2.49. The molecule has 1 atom stereocenters. The molecule has 1 aliphatic carbocycles. The second kappa shape index (κ2) is 7.38. The van der Waals surface area contributed by atoms with E-state index in [2.05, 4.69) is 44.8 Å². The van der Waals surface area contributed by atoms with Crippen molar-refractivity contribution >= 4 is 0 Å². The van der Waals surface area contributed by atoms with E-state index < -0.39 is 0 Å². The molecule has 0 heterocycles. The van der Waals surface area contributed by atoms with Crippen LogP contribution in [0.3, 0.4) is 0 Å². The molecule has 1 saturated carbocycles. The van der Waals surface area contributed by atoms with Gasteiger partial charge in [0.05, 0.1) is 0 Å². The van der Waals surface area contributed by atoms with Crippen LogP contribution in [0.4, 0.5) is 0 Å². The molecule has 0 spiro atoms. The lowest BCUT2D eigenvalue weighted by atomic mass is 10.00. The minimum absolute atomic E-state index is 0.673. The Labute approximate surface area is 108 Å². The molecule has 0 aromatic carbocycles. The molecule has 102 valence electrons. The average Bonchev–Trinajstić information content (AvgIpc) is 3.05. The van der Waals surface area contributed by atoms with Gasteiger partial charge in [0.2, 0.25) is 0 Å². The van der Waals surface area contributed by atoms with Gasteiger partial charge in [0, 0.05) is 25.2 Å². The van der Waals surface area contributed by atoms with E-state index >= 15 is 0 Å². The smallest absolute Gasteiger partial charge is 0.0246 e. The van der Waals surface area contributed by atoms with Crippen molar-refractivity contribution in [2.24, 2.45) is 11.8 Å². The van der Waals surface area contributed by atoms with Gasteiger partial charge in [-0.15, -0.1) is 0 Å². The molecular formula is C15H32N2. The van der Waals surface area contributed by atoms with Crippen LogP contribution < -0.4 is 5.32 Å². The SMILES string of the molecule is CCCNCC(C(C)C)N(CC1CC1)C(C)C. The van der Waals surface area contributed by atoms with E-state index in [0.29, 0.717) is 12.1 Å². The van der Waals surface area contributed by atoms with Gasteiger partial charge < -0.3 is 5.32 Å². The minimum atomic E-state index is 0.673. The summed E-state index contributed by atoms with van der Waals surface area (Å²) in [6.45, 7) is 15.3. The van der Waals surface area contributed by atoms with E-state index in [1.807, 2.05) is 0 Å². The zero-order valence-electron chi connectivity index (χ0n) is 12.5. The average molecular weight is 240 g/mol. The van der Waals surface area contributed by atoms with Crippen molar-refractivity contribution in [1.82, 2.24) is 10.2 Å². The van der Waals surface area contributed by atoms with Crippen molar-refractivity contribution in [1.29, 1.82) is 0 Å². The van der Waals surface area contributed by atoms with Crippen LogP contribution in [0.15, 0.2) is 0 Å². The highest BCUT2D eigenvalue weighted by atomic mass is 15.2. The van der Waals surface area contributed by atoms with Gasteiger partial charge >= 0.3 is 0 Å². The Kier molecular flexibility index (Phi) is 6.50. The molecule has 1 aliphatic rings. The zero-order valence-corrected chi connectivity index (χ0v) is 12.5. The van der Waals surface area contributed by atoms with Crippen molar-refractivity contribution in [3.8, 4) is 0 Å². The molecule has 0 saturated heterocycles. The normalized spacial score (nSPS) is 18.4. The van der Waals surface area contributed by atoms with Crippen molar-refractivity contribution < 1.29 is 0 Å². The Morgan fingerprint density at radius 1 is 1.18 bits per heavy atom. The van der Waals surface area contributed by atoms with Crippen LogP contribution >= 0.6 is 0 Å². The Morgan fingerprint density at radius 3 is 2.24 bits per heavy atom. The second-order valence-electron chi connectivity index (χ2n) is 6.25. The Bertz CT molecular complexity index is 197. The molecule has 0 radical (unpaired) electrons. The van der Waals surface area contributed by atoms with E-state index in [1.165, 1.54) is 25.8 Å². The van der Waals surface area contributed by atoms with Crippen molar-refractivity contribution in [2.45, 2.75) is 66.0 Å². The molecule has 0 aliphatic heterocycles. The summed E-state index contributed by atoms with van der Waals surface area (Å²) < 4.78 is 0. The Morgan fingerprint density at radius 2 is 1.82 bits per heavy atom. The number of nitrogens with one attached hydrogen (secondary N) is 1. The van der Waals surface area contributed by atoms with E-state index in [0.717, 1.165) is 24.9 Å². The maximum atomic E-state index is 3.60. The fourth-order valence-electron chi connectivity index (χ4n) is 2.49. The third kappa shape index (κ3) is 5.39. The Balaban J connectivity index is 2.49. The van der Waals surface area contributed by atoms with Crippen molar-refractivity contribution in [3.63, 3.8) is 0 Å². The zero-order chi connectivity index (χ0) is 12.8. The van der Waals surface area contributed by atoms with Gasteiger partial charge in [0.25, 0.3) is 0 Å². The van der Waals surface area contributed by atoms with E-state index in [1.54, 1.807) is 0 Å². The summed E-state index contributed by atoms with van der Waals surface area (Å²) in [5.74, 6) is 1.73. The largest absolute Gasteiger partial charge is 0.315 e. The first-order valence-corrected chi connectivity index (χ1v) is 7.52. The van der Waals surface area contributed by atoms with Gasteiger partial charge in [0.1, 0.15) is 0 Å². The molecule has 0 aromatic heterocycles. The first-order valence-electron chi connectivity index (χ1n) is 7.52. The number of nitrogens with zero attached hydrogens (tertiary/aromatic N) is 1. The topological polar surface area (TPSA) is 15.3 Å². The predicted octanol–water partition coefficient (Wildman–Crippen LogP) is 3.13. The van der Waals surface area contributed by atoms with Crippen molar-refractivity contribution in [2.75, 3.05) is 19.6 Å². The summed E-state index contributed by atoms with van der Waals surface area (Å²) in [5.41, 5.74) is 0. The molecule has 2 nitrogen and oxygen atoms in total. The molecule has 0 bridgehead atoms. The summed E-state index contributed by atoms with van der Waals surface area (Å²) in [6.07, 6.45) is 4.14. The molecule has 0 aromatic rings. The molecule has 1 fully saturated rings. The predicted molar refractivity (Wildman–Crippen MR) is 76.4 cm³/mol. The minimum Gasteiger partial charge on any atom is -0.315 e. The third-order valence-corrected chi connectivity index (χ3v) is 3.81. The molecule has 1 N–H and O–H groups in total. The van der Waals surface area contributed by atoms with Gasteiger partial charge in [-0.2, -0.15) is 0 Å². The van der Waals surface area contributed by atoms with Gasteiger partial charge in [-0.25, -0.2) is 0 Å². The third-order valence-electron chi connectivity index (χ3n) is 3.81. The number of hydrogen-bond donors (Lipinski definition) is 1. The van der Waals surface area contributed by atoms with Crippen molar-refractivity contribution in [3.05, 3.63) is 0 Å². The lowest BCUT2D eigenvalue weighted by Gasteiger charge is -2.38. The van der Waals surface area contributed by atoms with Gasteiger partial charge in [-0.1, -0.05) is 20.8 Å². The quantitative estimate of drug-likeness (QED) is 0.623. The first kappa shape index (κ1) is 15.0. The number of rotatable bonds is 9. The highest BCUT2D eigenvalue weighted by Crippen LogP contribution is 2.31. The lowest BCUT2D eigenvalue weighted by molar-refractivity contribution is 0.110. The summed E-state index contributed by atoms with van der Waals surface area (Å²) in [5, 5.41) is 3.60. The van der Waals surface area contributed by atoms with Gasteiger partial charge in [0.15, 0.2) is 0 Å². The molecule has 17 heavy (non-hydrogen) atoms. The molecule has 0 amide bonds. The summed E-state index contributed by atoms with van der Waals surface area (Å²) in [7, 11) is 0. The van der Waals surface area contributed by atoms with E-state index in [9.17, 15) is 0 Å². The second-order valence-corrected chi connectivity index (χ2v) is 6.25. The van der Waals surface area contributed by atoms with Crippen LogP contribution in [0.1, 0.15) is 53.9 Å².